The molecule has 0 amide bonds. The summed E-state index contributed by atoms with van der Waals surface area (Å²) < 4.78 is 5.33. The van der Waals surface area contributed by atoms with Crippen LogP contribution in [0.3, 0.4) is 0 Å². The number of benzene rings is 1. The molecule has 0 heterocycles. The third-order valence-electron chi connectivity index (χ3n) is 2.07. The highest BCUT2D eigenvalue weighted by atomic mass is 35.5. The molecule has 1 atom stereocenters. The monoisotopic (exact) mass is 299 g/mol. The minimum absolute atomic E-state index is 0. The first-order valence-corrected chi connectivity index (χ1v) is 5.18. The van der Waals surface area contributed by atoms with Crippen LogP contribution in [0.1, 0.15) is 5.56 Å². The van der Waals surface area contributed by atoms with Gasteiger partial charge in [-0.25, -0.2) is 0 Å². The molecule has 96 valence electrons. The molecule has 1 aromatic rings. The van der Waals surface area contributed by atoms with Gasteiger partial charge in [0.05, 0.1) is 7.11 Å². The Morgan fingerprint density at radius 2 is 1.94 bits per heavy atom. The van der Waals surface area contributed by atoms with Gasteiger partial charge in [-0.2, -0.15) is 0 Å². The van der Waals surface area contributed by atoms with E-state index in [1.807, 2.05) is 0 Å². The second-order valence-corrected chi connectivity index (χ2v) is 4.07. The molecule has 1 rings (SSSR count). The summed E-state index contributed by atoms with van der Waals surface area (Å²) in [4.78, 5) is 11.3. The number of methoxy groups -OCH3 is 1. The van der Waals surface area contributed by atoms with Crippen LogP contribution in [-0.4, -0.2) is 28.2 Å². The summed E-state index contributed by atoms with van der Waals surface area (Å²) in [6.07, 6.45) is 0.306. The molecule has 0 aliphatic carbocycles. The van der Waals surface area contributed by atoms with E-state index in [4.69, 9.17) is 28.7 Å². The van der Waals surface area contributed by atoms with Crippen molar-refractivity contribution < 1.29 is 14.6 Å². The molecule has 0 aliphatic heterocycles. The highest BCUT2D eigenvalue weighted by Crippen LogP contribution is 2.17. The average Bonchev–Trinajstić information content (AvgIpc) is 2.27. The van der Waals surface area contributed by atoms with Crippen molar-refractivity contribution in [2.75, 3.05) is 7.11 Å². The Labute approximate surface area is 116 Å². The van der Waals surface area contributed by atoms with Crippen LogP contribution in [-0.2, 0) is 16.0 Å². The highest BCUT2D eigenvalue weighted by molar-refractivity contribution is 6.35. The molecular weight excluding hydrogens is 288 g/mol. The number of rotatable bonds is 4. The second-order valence-electron chi connectivity index (χ2n) is 3.17. The summed E-state index contributed by atoms with van der Waals surface area (Å²) >= 11 is 11.1. The molecule has 0 aromatic heterocycles. The zero-order valence-corrected chi connectivity index (χ0v) is 11.3. The first kappa shape index (κ1) is 16.3. The van der Waals surface area contributed by atoms with Gasteiger partial charge in [-0.3, -0.25) is 4.79 Å². The number of hydrogen-bond donors (Lipinski definition) is 1. The zero-order valence-electron chi connectivity index (χ0n) is 8.97. The minimum atomic E-state index is -0.766. The summed E-state index contributed by atoms with van der Waals surface area (Å²) in [6.45, 7) is 0. The van der Waals surface area contributed by atoms with Crippen LogP contribution < -0.4 is 0 Å². The van der Waals surface area contributed by atoms with Gasteiger partial charge in [0.15, 0.2) is 0 Å². The van der Waals surface area contributed by atoms with E-state index in [1.165, 1.54) is 19.2 Å². The molecule has 0 aliphatic rings. The number of hydrogen-bond acceptors (Lipinski definition) is 4. The molecular formula is C10H12Cl3NO3. The fraction of sp³-hybridized carbons (Fsp3) is 0.300. The number of halogens is 3. The molecule has 1 aromatic carbocycles. The fourth-order valence-corrected chi connectivity index (χ4v) is 1.52. The van der Waals surface area contributed by atoms with Crippen molar-refractivity contribution in [3.05, 3.63) is 29.8 Å². The van der Waals surface area contributed by atoms with Crippen molar-refractivity contribution in [2.45, 2.75) is 12.5 Å². The van der Waals surface area contributed by atoms with Crippen LogP contribution in [0.25, 0.3) is 0 Å². The van der Waals surface area contributed by atoms with E-state index in [2.05, 4.69) is 4.74 Å². The van der Waals surface area contributed by atoms with E-state index in [0.717, 1.165) is 9.50 Å². The number of phenols is 1. The number of carbonyl (C=O) groups excluding carboxylic acids is 1. The number of phenolic OH excluding ortho intramolecular Hbond substituents is 1. The molecule has 0 spiro atoms. The van der Waals surface area contributed by atoms with Crippen LogP contribution in [0, 0.1) is 0 Å². The quantitative estimate of drug-likeness (QED) is 0.686. The standard InChI is InChI=1S/C10H11Cl2NO3.ClH/c1-16-10(15)9(13(11)12)6-7-2-4-8(14)5-3-7;/h2-5,9,14H,6H2,1H3;1H/t9-;/m0./s1. The van der Waals surface area contributed by atoms with Crippen LogP contribution >= 0.6 is 36.0 Å². The van der Waals surface area contributed by atoms with Gasteiger partial charge in [0.2, 0.25) is 0 Å². The molecule has 7 heteroatoms. The lowest BCUT2D eigenvalue weighted by molar-refractivity contribution is -0.143. The number of aromatic hydroxyl groups is 1. The maximum absolute atomic E-state index is 11.3. The normalized spacial score (nSPS) is 11.8. The molecule has 0 fully saturated rings. The Bertz CT molecular complexity index is 356. The van der Waals surface area contributed by atoms with Crippen molar-refractivity contribution in [2.24, 2.45) is 0 Å². The Morgan fingerprint density at radius 3 is 2.35 bits per heavy atom. The van der Waals surface area contributed by atoms with Crippen LogP contribution in [0.5, 0.6) is 5.75 Å². The maximum atomic E-state index is 11.3. The fourth-order valence-electron chi connectivity index (χ4n) is 1.22. The molecule has 0 saturated carbocycles. The Kier molecular flexibility index (Phi) is 7.30. The van der Waals surface area contributed by atoms with Crippen molar-refractivity contribution in [3.8, 4) is 5.75 Å². The molecule has 1 N–H and O–H groups in total. The van der Waals surface area contributed by atoms with Crippen molar-refractivity contribution in [1.82, 2.24) is 3.94 Å². The molecule has 0 saturated heterocycles. The first-order valence-electron chi connectivity index (χ1n) is 4.51. The number of nitrogens with zero attached hydrogens (tertiary/aromatic N) is 1. The van der Waals surface area contributed by atoms with E-state index < -0.39 is 12.0 Å². The first-order chi connectivity index (χ1) is 7.54. The van der Waals surface area contributed by atoms with Crippen LogP contribution in [0.2, 0.25) is 0 Å². The predicted octanol–water partition coefficient (Wildman–Crippen LogP) is 2.51. The largest absolute Gasteiger partial charge is 0.508 e. The van der Waals surface area contributed by atoms with Crippen LogP contribution in [0.4, 0.5) is 0 Å². The maximum Gasteiger partial charge on any atom is 0.326 e. The second kappa shape index (κ2) is 7.61. The summed E-state index contributed by atoms with van der Waals surface area (Å²) in [7, 11) is 1.27. The summed E-state index contributed by atoms with van der Waals surface area (Å²) in [5, 5.41) is 9.10. The van der Waals surface area contributed by atoms with Gasteiger partial charge < -0.3 is 9.84 Å². The summed E-state index contributed by atoms with van der Waals surface area (Å²) in [6, 6.07) is 5.65. The van der Waals surface area contributed by atoms with Gasteiger partial charge in [0.25, 0.3) is 0 Å². The van der Waals surface area contributed by atoms with E-state index in [1.54, 1.807) is 12.1 Å². The number of carbonyl (C=O) groups is 1. The smallest absolute Gasteiger partial charge is 0.326 e. The molecule has 17 heavy (non-hydrogen) atoms. The van der Waals surface area contributed by atoms with Gasteiger partial charge in [-0.05, 0) is 41.2 Å². The zero-order chi connectivity index (χ0) is 12.1. The van der Waals surface area contributed by atoms with Crippen LogP contribution in [0.15, 0.2) is 24.3 Å². The molecule has 0 unspecified atom stereocenters. The number of esters is 1. The predicted molar refractivity (Wildman–Crippen MR) is 68.4 cm³/mol. The Morgan fingerprint density at radius 1 is 1.41 bits per heavy atom. The lowest BCUT2D eigenvalue weighted by Gasteiger charge is -2.16. The van der Waals surface area contributed by atoms with E-state index in [9.17, 15) is 4.79 Å². The summed E-state index contributed by atoms with van der Waals surface area (Å²) in [5.74, 6) is -0.356. The van der Waals surface area contributed by atoms with Crippen molar-refractivity contribution in [1.29, 1.82) is 0 Å². The molecule has 0 radical (unpaired) electrons. The van der Waals surface area contributed by atoms with Gasteiger partial charge in [-0.15, -0.1) is 16.3 Å². The van der Waals surface area contributed by atoms with E-state index in [-0.39, 0.29) is 18.2 Å². The van der Waals surface area contributed by atoms with Gasteiger partial charge >= 0.3 is 5.97 Å². The SMILES string of the molecule is COC(=O)[C@H](Cc1ccc(O)cc1)N(Cl)Cl.Cl. The topological polar surface area (TPSA) is 49.8 Å². The lowest BCUT2D eigenvalue weighted by Crippen LogP contribution is -2.32. The molecule has 0 bridgehead atoms. The lowest BCUT2D eigenvalue weighted by atomic mass is 10.1. The van der Waals surface area contributed by atoms with E-state index in [0.29, 0.717) is 6.42 Å². The van der Waals surface area contributed by atoms with Gasteiger partial charge in [-0.1, -0.05) is 12.1 Å². The molecule has 4 nitrogen and oxygen atoms in total. The third-order valence-corrected chi connectivity index (χ3v) is 2.55. The van der Waals surface area contributed by atoms with E-state index >= 15 is 0 Å². The minimum Gasteiger partial charge on any atom is -0.508 e. The third kappa shape index (κ3) is 5.00. The van der Waals surface area contributed by atoms with Gasteiger partial charge in [0.1, 0.15) is 11.8 Å². The van der Waals surface area contributed by atoms with Crippen molar-refractivity contribution >= 4 is 41.9 Å². The average molecular weight is 301 g/mol. The van der Waals surface area contributed by atoms with Crippen molar-refractivity contribution in [3.63, 3.8) is 0 Å². The Balaban J connectivity index is 0.00000256. The highest BCUT2D eigenvalue weighted by Gasteiger charge is 2.25. The Hall–Kier alpha value is -0.680. The summed E-state index contributed by atoms with van der Waals surface area (Å²) in [5.41, 5.74) is 0.819. The number of ether oxygens (including phenoxy) is 1. The van der Waals surface area contributed by atoms with Gasteiger partial charge in [0, 0.05) is 6.42 Å².